The zero-order valence-electron chi connectivity index (χ0n) is 13.2. The SMILES string of the molecule is CCOC(=O)C(C)=C(CC)C1C2CC3CC(C2)CC1C3. The number of carbonyl (C=O) groups excluding carboxylic acids is 1. The van der Waals surface area contributed by atoms with Gasteiger partial charge in [0.2, 0.25) is 0 Å². The standard InChI is InChI=1S/C18H28O2/c1-4-16(11(3)18(19)20-5-2)17-14-7-12-6-13(9-14)10-15(17)8-12/h12-15,17H,4-10H2,1-3H3. The fraction of sp³-hybridized carbons (Fsp3) is 0.833. The van der Waals surface area contributed by atoms with E-state index in [1.165, 1.54) is 37.7 Å². The molecule has 112 valence electrons. The van der Waals surface area contributed by atoms with Crippen molar-refractivity contribution in [3.8, 4) is 0 Å². The predicted molar refractivity (Wildman–Crippen MR) is 80.2 cm³/mol. The van der Waals surface area contributed by atoms with Crippen LogP contribution in [0.1, 0.15) is 59.3 Å². The van der Waals surface area contributed by atoms with Crippen LogP contribution in [0.5, 0.6) is 0 Å². The molecule has 0 spiro atoms. The molecule has 4 bridgehead atoms. The number of hydrogen-bond acceptors (Lipinski definition) is 2. The van der Waals surface area contributed by atoms with Crippen LogP contribution in [0, 0.1) is 29.6 Å². The van der Waals surface area contributed by atoms with Gasteiger partial charge >= 0.3 is 5.97 Å². The molecule has 0 aromatic carbocycles. The molecule has 0 aromatic heterocycles. The Kier molecular flexibility index (Phi) is 3.92. The third-order valence-electron chi connectivity index (χ3n) is 6.07. The van der Waals surface area contributed by atoms with E-state index >= 15 is 0 Å². The molecule has 0 N–H and O–H groups in total. The molecule has 4 rings (SSSR count). The van der Waals surface area contributed by atoms with Crippen molar-refractivity contribution in [3.63, 3.8) is 0 Å². The number of esters is 1. The maximum Gasteiger partial charge on any atom is 0.333 e. The Morgan fingerprint density at radius 3 is 2.00 bits per heavy atom. The van der Waals surface area contributed by atoms with Gasteiger partial charge in [-0.25, -0.2) is 4.79 Å². The molecule has 0 aliphatic heterocycles. The van der Waals surface area contributed by atoms with Gasteiger partial charge in [0.25, 0.3) is 0 Å². The Bertz CT molecular complexity index is 393. The molecule has 0 saturated heterocycles. The lowest BCUT2D eigenvalue weighted by molar-refractivity contribution is -0.138. The summed E-state index contributed by atoms with van der Waals surface area (Å²) in [4.78, 5) is 12.1. The number of allylic oxidation sites excluding steroid dienone is 1. The lowest BCUT2D eigenvalue weighted by Gasteiger charge is -2.55. The third-order valence-corrected chi connectivity index (χ3v) is 6.07. The summed E-state index contributed by atoms with van der Waals surface area (Å²) in [6.45, 7) is 6.57. The Balaban J connectivity index is 1.86. The van der Waals surface area contributed by atoms with Gasteiger partial charge in [0.05, 0.1) is 6.61 Å². The van der Waals surface area contributed by atoms with Crippen molar-refractivity contribution in [2.45, 2.75) is 59.3 Å². The number of ether oxygens (including phenoxy) is 1. The van der Waals surface area contributed by atoms with Gasteiger partial charge in [-0.05, 0) is 82.0 Å². The van der Waals surface area contributed by atoms with Gasteiger partial charge in [0.1, 0.15) is 0 Å². The number of hydrogen-bond donors (Lipinski definition) is 0. The zero-order valence-corrected chi connectivity index (χ0v) is 13.2. The van der Waals surface area contributed by atoms with E-state index in [1.807, 2.05) is 13.8 Å². The van der Waals surface area contributed by atoms with Gasteiger partial charge in [-0.1, -0.05) is 12.5 Å². The highest BCUT2D eigenvalue weighted by molar-refractivity contribution is 5.88. The van der Waals surface area contributed by atoms with E-state index in [2.05, 4.69) is 6.92 Å². The van der Waals surface area contributed by atoms with Crippen molar-refractivity contribution in [1.29, 1.82) is 0 Å². The lowest BCUT2D eigenvalue weighted by atomic mass is 9.50. The van der Waals surface area contributed by atoms with Crippen molar-refractivity contribution < 1.29 is 9.53 Å². The van der Waals surface area contributed by atoms with Gasteiger partial charge in [0.15, 0.2) is 0 Å². The molecule has 4 saturated carbocycles. The average molecular weight is 276 g/mol. The third kappa shape index (κ3) is 2.31. The van der Waals surface area contributed by atoms with E-state index in [9.17, 15) is 4.79 Å². The fourth-order valence-electron chi connectivity index (χ4n) is 5.62. The number of rotatable bonds is 4. The Labute approximate surface area is 123 Å². The van der Waals surface area contributed by atoms with Crippen LogP contribution in [0.2, 0.25) is 0 Å². The summed E-state index contributed by atoms with van der Waals surface area (Å²) in [5, 5.41) is 0. The van der Waals surface area contributed by atoms with E-state index in [0.29, 0.717) is 12.5 Å². The Hall–Kier alpha value is -0.790. The van der Waals surface area contributed by atoms with Gasteiger partial charge in [0, 0.05) is 5.57 Å². The molecule has 0 aromatic rings. The summed E-state index contributed by atoms with van der Waals surface area (Å²) in [6.07, 6.45) is 8.16. The first-order chi connectivity index (χ1) is 9.63. The van der Waals surface area contributed by atoms with Crippen molar-refractivity contribution in [3.05, 3.63) is 11.1 Å². The average Bonchev–Trinajstić information content (AvgIpc) is 2.41. The van der Waals surface area contributed by atoms with Crippen LogP contribution in [0.4, 0.5) is 0 Å². The predicted octanol–water partition coefficient (Wildman–Crippen LogP) is 4.35. The second-order valence-corrected chi connectivity index (χ2v) is 7.18. The molecular weight excluding hydrogens is 248 g/mol. The van der Waals surface area contributed by atoms with Gasteiger partial charge in [-0.2, -0.15) is 0 Å². The zero-order chi connectivity index (χ0) is 14.3. The second-order valence-electron chi connectivity index (χ2n) is 7.18. The van der Waals surface area contributed by atoms with Crippen molar-refractivity contribution >= 4 is 5.97 Å². The molecule has 2 nitrogen and oxygen atoms in total. The molecule has 0 atom stereocenters. The first-order valence-corrected chi connectivity index (χ1v) is 8.50. The van der Waals surface area contributed by atoms with E-state index in [1.54, 1.807) is 0 Å². The van der Waals surface area contributed by atoms with Crippen molar-refractivity contribution in [2.24, 2.45) is 29.6 Å². The Morgan fingerprint density at radius 2 is 1.55 bits per heavy atom. The molecular formula is C18H28O2. The molecule has 0 unspecified atom stereocenters. The monoisotopic (exact) mass is 276 g/mol. The highest BCUT2D eigenvalue weighted by Gasteiger charge is 2.49. The highest BCUT2D eigenvalue weighted by atomic mass is 16.5. The van der Waals surface area contributed by atoms with E-state index in [0.717, 1.165) is 35.7 Å². The highest BCUT2D eigenvalue weighted by Crippen LogP contribution is 2.58. The van der Waals surface area contributed by atoms with Crippen LogP contribution < -0.4 is 0 Å². The minimum absolute atomic E-state index is 0.0850. The molecule has 4 aliphatic carbocycles. The minimum atomic E-state index is -0.0850. The largest absolute Gasteiger partial charge is 0.463 e. The van der Waals surface area contributed by atoms with Gasteiger partial charge < -0.3 is 4.74 Å². The molecule has 4 aliphatic rings. The van der Waals surface area contributed by atoms with Crippen LogP contribution in [0.3, 0.4) is 0 Å². The smallest absolute Gasteiger partial charge is 0.333 e. The lowest BCUT2D eigenvalue weighted by Crippen LogP contribution is -2.46. The van der Waals surface area contributed by atoms with Crippen LogP contribution in [-0.4, -0.2) is 12.6 Å². The summed E-state index contributed by atoms with van der Waals surface area (Å²) in [6, 6.07) is 0. The van der Waals surface area contributed by atoms with Crippen LogP contribution in [0.15, 0.2) is 11.1 Å². The minimum Gasteiger partial charge on any atom is -0.463 e. The normalized spacial score (nSPS) is 39.6. The number of carbonyl (C=O) groups is 1. The van der Waals surface area contributed by atoms with Crippen molar-refractivity contribution in [1.82, 2.24) is 0 Å². The van der Waals surface area contributed by atoms with Gasteiger partial charge in [-0.15, -0.1) is 0 Å². The molecule has 0 radical (unpaired) electrons. The molecule has 20 heavy (non-hydrogen) atoms. The first kappa shape index (κ1) is 14.2. The summed E-state index contributed by atoms with van der Waals surface area (Å²) in [5.41, 5.74) is 2.32. The summed E-state index contributed by atoms with van der Waals surface area (Å²) in [7, 11) is 0. The van der Waals surface area contributed by atoms with E-state index in [4.69, 9.17) is 4.74 Å². The van der Waals surface area contributed by atoms with Crippen LogP contribution in [0.25, 0.3) is 0 Å². The van der Waals surface area contributed by atoms with E-state index in [-0.39, 0.29) is 5.97 Å². The van der Waals surface area contributed by atoms with Crippen LogP contribution >= 0.6 is 0 Å². The quantitative estimate of drug-likeness (QED) is 0.563. The topological polar surface area (TPSA) is 26.3 Å². The summed E-state index contributed by atoms with van der Waals surface area (Å²) in [5.74, 6) is 4.29. The maximum atomic E-state index is 12.1. The summed E-state index contributed by atoms with van der Waals surface area (Å²) >= 11 is 0. The molecule has 0 heterocycles. The first-order valence-electron chi connectivity index (χ1n) is 8.50. The second kappa shape index (κ2) is 5.54. The fourth-order valence-corrected chi connectivity index (χ4v) is 5.62. The van der Waals surface area contributed by atoms with Gasteiger partial charge in [-0.3, -0.25) is 0 Å². The molecule has 2 heteroatoms. The van der Waals surface area contributed by atoms with Crippen LogP contribution in [-0.2, 0) is 9.53 Å². The summed E-state index contributed by atoms with van der Waals surface area (Å²) < 4.78 is 5.23. The van der Waals surface area contributed by atoms with Crippen molar-refractivity contribution in [2.75, 3.05) is 6.61 Å². The van der Waals surface area contributed by atoms with E-state index < -0.39 is 0 Å². The molecule has 0 amide bonds. The Morgan fingerprint density at radius 1 is 1.00 bits per heavy atom. The molecule has 4 fully saturated rings. The maximum absolute atomic E-state index is 12.1.